The van der Waals surface area contributed by atoms with Crippen molar-refractivity contribution in [2.24, 2.45) is 0 Å². The maximum atomic E-state index is 11.7. The van der Waals surface area contributed by atoms with Crippen LogP contribution in [-0.2, 0) is 16.0 Å². The van der Waals surface area contributed by atoms with Crippen LogP contribution in [0.25, 0.3) is 0 Å². The Morgan fingerprint density at radius 2 is 2.40 bits per heavy atom. The van der Waals surface area contributed by atoms with Crippen LogP contribution in [0.5, 0.6) is 0 Å². The summed E-state index contributed by atoms with van der Waals surface area (Å²) in [6, 6.07) is 1.49. The smallest absolute Gasteiger partial charge is 0.315 e. The van der Waals surface area contributed by atoms with E-state index in [2.05, 4.69) is 10.6 Å². The van der Waals surface area contributed by atoms with Gasteiger partial charge in [-0.05, 0) is 23.9 Å². The fourth-order valence-electron chi connectivity index (χ4n) is 2.21. The molecule has 7 heteroatoms. The van der Waals surface area contributed by atoms with Crippen LogP contribution in [0.1, 0.15) is 29.9 Å². The molecule has 20 heavy (non-hydrogen) atoms. The quantitative estimate of drug-likeness (QED) is 0.769. The highest BCUT2D eigenvalue weighted by Crippen LogP contribution is 2.32. The predicted octanol–water partition coefficient (Wildman–Crippen LogP) is 1.52. The summed E-state index contributed by atoms with van der Waals surface area (Å²) in [5.74, 6) is -0.933. The summed E-state index contributed by atoms with van der Waals surface area (Å²) in [6.07, 6.45) is 0.687. The normalized spacial score (nSPS) is 18.9. The second kappa shape index (κ2) is 6.71. The SMILES string of the molecule is CC(NC(=O)NCCC(=O)O)C1OCCc2sccc21. The van der Waals surface area contributed by atoms with E-state index in [9.17, 15) is 9.59 Å². The minimum atomic E-state index is -0.933. The van der Waals surface area contributed by atoms with Crippen molar-refractivity contribution in [1.29, 1.82) is 0 Å². The number of aliphatic carboxylic acids is 1. The lowest BCUT2D eigenvalue weighted by Gasteiger charge is -2.29. The van der Waals surface area contributed by atoms with E-state index in [1.807, 2.05) is 18.4 Å². The van der Waals surface area contributed by atoms with Crippen molar-refractivity contribution in [2.75, 3.05) is 13.2 Å². The van der Waals surface area contributed by atoms with E-state index in [0.717, 1.165) is 12.0 Å². The molecular formula is C13H18N2O4S. The number of nitrogens with one attached hydrogen (secondary N) is 2. The average molecular weight is 298 g/mol. The van der Waals surface area contributed by atoms with Gasteiger partial charge in [-0.1, -0.05) is 0 Å². The Balaban J connectivity index is 1.85. The van der Waals surface area contributed by atoms with Crippen molar-refractivity contribution in [3.63, 3.8) is 0 Å². The fourth-order valence-corrected chi connectivity index (χ4v) is 3.11. The Kier molecular flexibility index (Phi) is 4.97. The molecule has 0 spiro atoms. The Morgan fingerprint density at radius 3 is 3.15 bits per heavy atom. The van der Waals surface area contributed by atoms with Crippen LogP contribution in [-0.4, -0.2) is 36.3 Å². The van der Waals surface area contributed by atoms with E-state index in [1.165, 1.54) is 4.88 Å². The molecule has 0 saturated carbocycles. The van der Waals surface area contributed by atoms with Gasteiger partial charge in [-0.2, -0.15) is 0 Å². The van der Waals surface area contributed by atoms with Crippen LogP contribution in [0.4, 0.5) is 4.79 Å². The number of hydrogen-bond acceptors (Lipinski definition) is 4. The third-order valence-corrected chi connectivity index (χ3v) is 4.15. The molecule has 2 rings (SSSR count). The maximum absolute atomic E-state index is 11.7. The van der Waals surface area contributed by atoms with E-state index in [-0.39, 0.29) is 31.1 Å². The van der Waals surface area contributed by atoms with Crippen molar-refractivity contribution < 1.29 is 19.4 Å². The molecular weight excluding hydrogens is 280 g/mol. The van der Waals surface area contributed by atoms with Crippen molar-refractivity contribution in [3.8, 4) is 0 Å². The summed E-state index contributed by atoms with van der Waals surface area (Å²) in [7, 11) is 0. The van der Waals surface area contributed by atoms with Gasteiger partial charge in [0, 0.05) is 17.8 Å². The summed E-state index contributed by atoms with van der Waals surface area (Å²) in [5.41, 5.74) is 1.14. The van der Waals surface area contributed by atoms with Gasteiger partial charge < -0.3 is 20.5 Å². The molecule has 3 N–H and O–H groups in total. The van der Waals surface area contributed by atoms with E-state index in [1.54, 1.807) is 11.3 Å². The van der Waals surface area contributed by atoms with E-state index in [4.69, 9.17) is 9.84 Å². The van der Waals surface area contributed by atoms with E-state index >= 15 is 0 Å². The van der Waals surface area contributed by atoms with Crippen LogP contribution in [0.3, 0.4) is 0 Å². The van der Waals surface area contributed by atoms with Crippen molar-refractivity contribution in [1.82, 2.24) is 10.6 Å². The lowest BCUT2D eigenvalue weighted by Crippen LogP contribution is -2.45. The van der Waals surface area contributed by atoms with Crippen molar-refractivity contribution >= 4 is 23.3 Å². The molecule has 2 unspecified atom stereocenters. The largest absolute Gasteiger partial charge is 0.481 e. The molecule has 1 aromatic rings. The van der Waals surface area contributed by atoms with Gasteiger partial charge in [0.15, 0.2) is 0 Å². The van der Waals surface area contributed by atoms with Gasteiger partial charge in [0.25, 0.3) is 0 Å². The Hall–Kier alpha value is -1.60. The second-order valence-corrected chi connectivity index (χ2v) is 5.67. The summed E-state index contributed by atoms with van der Waals surface area (Å²) < 4.78 is 5.74. The standard InChI is InChI=1S/C13H18N2O4S/c1-8(15-13(18)14-5-2-11(16)17)12-9-4-7-20-10(9)3-6-19-12/h4,7-8,12H,2-3,5-6H2,1H3,(H,16,17)(H2,14,15,18). The van der Waals surface area contributed by atoms with E-state index in [0.29, 0.717) is 6.61 Å². The lowest BCUT2D eigenvalue weighted by atomic mass is 10.0. The third-order valence-electron chi connectivity index (χ3n) is 3.15. The molecule has 1 aromatic heterocycles. The van der Waals surface area contributed by atoms with Gasteiger partial charge in [-0.15, -0.1) is 11.3 Å². The molecule has 0 aliphatic carbocycles. The number of carboxylic acid groups (broad SMARTS) is 1. The zero-order valence-corrected chi connectivity index (χ0v) is 12.0. The van der Waals surface area contributed by atoms with Gasteiger partial charge in [-0.25, -0.2) is 4.79 Å². The molecule has 2 amide bonds. The molecule has 2 heterocycles. The predicted molar refractivity (Wildman–Crippen MR) is 75.0 cm³/mol. The highest BCUT2D eigenvalue weighted by molar-refractivity contribution is 7.10. The molecule has 0 fully saturated rings. The number of amides is 2. The second-order valence-electron chi connectivity index (χ2n) is 4.67. The fraction of sp³-hybridized carbons (Fsp3) is 0.538. The van der Waals surface area contributed by atoms with Gasteiger partial charge in [0.1, 0.15) is 6.10 Å². The number of thiophene rings is 1. The Labute approximate surface area is 121 Å². The summed E-state index contributed by atoms with van der Waals surface area (Å²) in [5, 5.41) is 15.8. The Bertz CT molecular complexity index is 488. The average Bonchev–Trinajstić information content (AvgIpc) is 2.85. The first-order chi connectivity index (χ1) is 9.58. The van der Waals surface area contributed by atoms with Crippen LogP contribution in [0, 0.1) is 0 Å². The summed E-state index contributed by atoms with van der Waals surface area (Å²) >= 11 is 1.71. The lowest BCUT2D eigenvalue weighted by molar-refractivity contribution is -0.136. The highest BCUT2D eigenvalue weighted by Gasteiger charge is 2.27. The monoisotopic (exact) mass is 298 g/mol. The number of carbonyl (C=O) groups excluding carboxylic acids is 1. The molecule has 2 atom stereocenters. The first-order valence-electron chi connectivity index (χ1n) is 6.52. The topological polar surface area (TPSA) is 87.7 Å². The van der Waals surface area contributed by atoms with Crippen LogP contribution < -0.4 is 10.6 Å². The summed E-state index contributed by atoms with van der Waals surface area (Å²) in [6.45, 7) is 2.65. The van der Waals surface area contributed by atoms with Crippen LogP contribution in [0.15, 0.2) is 11.4 Å². The zero-order chi connectivity index (χ0) is 14.5. The number of ether oxygens (including phenoxy) is 1. The van der Waals surface area contributed by atoms with Gasteiger partial charge in [0.2, 0.25) is 0 Å². The van der Waals surface area contributed by atoms with Gasteiger partial charge in [0.05, 0.1) is 19.1 Å². The molecule has 0 radical (unpaired) electrons. The van der Waals surface area contributed by atoms with E-state index < -0.39 is 5.97 Å². The van der Waals surface area contributed by atoms with Crippen molar-refractivity contribution in [2.45, 2.75) is 31.9 Å². The van der Waals surface area contributed by atoms with Crippen LogP contribution in [0.2, 0.25) is 0 Å². The molecule has 0 aromatic carbocycles. The van der Waals surface area contributed by atoms with Gasteiger partial charge in [-0.3, -0.25) is 4.79 Å². The molecule has 0 saturated heterocycles. The molecule has 110 valence electrons. The number of carboxylic acids is 1. The molecule has 6 nitrogen and oxygen atoms in total. The minimum absolute atomic E-state index is 0.0869. The third kappa shape index (κ3) is 3.71. The first-order valence-corrected chi connectivity index (χ1v) is 7.40. The number of fused-ring (bicyclic) bond motifs is 1. The zero-order valence-electron chi connectivity index (χ0n) is 11.2. The van der Waals surface area contributed by atoms with Crippen LogP contribution >= 0.6 is 11.3 Å². The maximum Gasteiger partial charge on any atom is 0.315 e. The van der Waals surface area contributed by atoms with Gasteiger partial charge >= 0.3 is 12.0 Å². The summed E-state index contributed by atoms with van der Waals surface area (Å²) in [4.78, 5) is 23.3. The molecule has 1 aliphatic rings. The van der Waals surface area contributed by atoms with Crippen molar-refractivity contribution in [3.05, 3.63) is 21.9 Å². The number of urea groups is 1. The molecule has 1 aliphatic heterocycles. The Morgan fingerprint density at radius 1 is 1.60 bits per heavy atom. The number of rotatable bonds is 5. The molecule has 0 bridgehead atoms. The first kappa shape index (κ1) is 14.8. The number of carbonyl (C=O) groups is 2. The minimum Gasteiger partial charge on any atom is -0.481 e. The number of hydrogen-bond donors (Lipinski definition) is 3. The highest BCUT2D eigenvalue weighted by atomic mass is 32.1.